The molecule has 0 spiro atoms. The van der Waals surface area contributed by atoms with Gasteiger partial charge in [0.05, 0.1) is 17.4 Å². The molecule has 0 fully saturated rings. The van der Waals surface area contributed by atoms with Crippen molar-refractivity contribution in [3.63, 3.8) is 0 Å². The van der Waals surface area contributed by atoms with Crippen LogP contribution in [0.3, 0.4) is 0 Å². The lowest BCUT2D eigenvalue weighted by molar-refractivity contribution is 0.102. The van der Waals surface area contributed by atoms with Crippen molar-refractivity contribution < 1.29 is 4.79 Å². The lowest BCUT2D eigenvalue weighted by Gasteiger charge is -2.07. The van der Waals surface area contributed by atoms with Crippen molar-refractivity contribution in [1.82, 2.24) is 9.97 Å². The Bertz CT molecular complexity index is 658. The summed E-state index contributed by atoms with van der Waals surface area (Å²) in [5, 5.41) is 11.3. The van der Waals surface area contributed by atoms with Gasteiger partial charge in [-0.1, -0.05) is 0 Å². The minimum atomic E-state index is -0.384. The molecule has 3 N–H and O–H groups in total. The average molecular weight is 253 g/mol. The first-order valence-corrected chi connectivity index (χ1v) is 5.50. The van der Waals surface area contributed by atoms with Gasteiger partial charge in [-0.05, 0) is 30.7 Å². The highest BCUT2D eigenvalue weighted by atomic mass is 16.1. The maximum atomic E-state index is 11.9. The molecule has 2 aromatic rings. The van der Waals surface area contributed by atoms with Gasteiger partial charge in [-0.15, -0.1) is 0 Å². The molecule has 1 amide bonds. The monoisotopic (exact) mass is 253 g/mol. The van der Waals surface area contributed by atoms with Crippen molar-refractivity contribution in [2.45, 2.75) is 6.92 Å². The number of pyridine rings is 2. The number of nitrogens with zero attached hydrogens (tertiary/aromatic N) is 3. The molecule has 94 valence electrons. The van der Waals surface area contributed by atoms with E-state index < -0.39 is 0 Å². The number of amides is 1. The maximum Gasteiger partial charge on any atom is 0.275 e. The standard InChI is InChI=1S/C13H11N5O/c1-8-4-10(15)7-17-12(8)18-13(19)11-3-2-9(5-14)6-16-11/h2-4,6-7H,15H2,1H3,(H,17,18,19). The first-order valence-electron chi connectivity index (χ1n) is 5.50. The molecule has 6 heteroatoms. The Labute approximate surface area is 109 Å². The van der Waals surface area contributed by atoms with Crippen molar-refractivity contribution >= 4 is 17.4 Å². The summed E-state index contributed by atoms with van der Waals surface area (Å²) in [6.45, 7) is 1.80. The van der Waals surface area contributed by atoms with Gasteiger partial charge in [-0.3, -0.25) is 4.79 Å². The van der Waals surface area contributed by atoms with Crippen LogP contribution in [0.25, 0.3) is 0 Å². The van der Waals surface area contributed by atoms with E-state index in [0.29, 0.717) is 17.1 Å². The van der Waals surface area contributed by atoms with Crippen molar-refractivity contribution in [2.24, 2.45) is 0 Å². The number of nitrogen functional groups attached to an aromatic ring is 1. The Morgan fingerprint density at radius 2 is 2.16 bits per heavy atom. The number of rotatable bonds is 2. The minimum absolute atomic E-state index is 0.219. The SMILES string of the molecule is Cc1cc(N)cnc1NC(=O)c1ccc(C#N)cn1. The van der Waals surface area contributed by atoms with E-state index in [0.717, 1.165) is 5.56 Å². The summed E-state index contributed by atoms with van der Waals surface area (Å²) >= 11 is 0. The van der Waals surface area contributed by atoms with Crippen LogP contribution in [0.4, 0.5) is 11.5 Å². The molecular formula is C13H11N5O. The average Bonchev–Trinajstić information content (AvgIpc) is 2.42. The first kappa shape index (κ1) is 12.5. The molecule has 6 nitrogen and oxygen atoms in total. The number of nitrogens with two attached hydrogens (primary N) is 1. The molecule has 0 saturated heterocycles. The summed E-state index contributed by atoms with van der Waals surface area (Å²) in [6.07, 6.45) is 2.81. The highest BCUT2D eigenvalue weighted by Crippen LogP contribution is 2.14. The van der Waals surface area contributed by atoms with Gasteiger partial charge >= 0.3 is 0 Å². The zero-order valence-corrected chi connectivity index (χ0v) is 10.2. The van der Waals surface area contributed by atoms with Crippen LogP contribution in [0.5, 0.6) is 0 Å². The van der Waals surface area contributed by atoms with Crippen molar-refractivity contribution in [1.29, 1.82) is 5.26 Å². The Morgan fingerprint density at radius 3 is 2.74 bits per heavy atom. The second-order valence-corrected chi connectivity index (χ2v) is 3.93. The summed E-state index contributed by atoms with van der Waals surface area (Å²) in [6, 6.07) is 6.67. The minimum Gasteiger partial charge on any atom is -0.397 e. The predicted octanol–water partition coefficient (Wildman–Crippen LogP) is 1.49. The highest BCUT2D eigenvalue weighted by Gasteiger charge is 2.10. The molecule has 2 rings (SSSR count). The third-order valence-electron chi connectivity index (χ3n) is 2.46. The Kier molecular flexibility index (Phi) is 3.39. The van der Waals surface area contributed by atoms with Gasteiger partial charge < -0.3 is 11.1 Å². The van der Waals surface area contributed by atoms with Crippen LogP contribution >= 0.6 is 0 Å². The topological polar surface area (TPSA) is 105 Å². The van der Waals surface area contributed by atoms with E-state index in [1.807, 2.05) is 6.07 Å². The van der Waals surface area contributed by atoms with Gasteiger partial charge in [0.25, 0.3) is 5.91 Å². The van der Waals surface area contributed by atoms with E-state index in [2.05, 4.69) is 15.3 Å². The van der Waals surface area contributed by atoms with Gasteiger partial charge in [0.15, 0.2) is 0 Å². The van der Waals surface area contributed by atoms with Gasteiger partial charge in [0, 0.05) is 6.20 Å². The maximum absolute atomic E-state index is 11.9. The summed E-state index contributed by atoms with van der Waals surface area (Å²) < 4.78 is 0. The zero-order valence-electron chi connectivity index (χ0n) is 10.2. The van der Waals surface area contributed by atoms with Gasteiger partial charge in [0.2, 0.25) is 0 Å². The second kappa shape index (κ2) is 5.14. The molecule has 0 aliphatic carbocycles. The van der Waals surface area contributed by atoms with Gasteiger partial charge in [-0.2, -0.15) is 5.26 Å². The molecular weight excluding hydrogens is 242 g/mol. The van der Waals surface area contributed by atoms with Crippen LogP contribution in [0.15, 0.2) is 30.6 Å². The number of anilines is 2. The third-order valence-corrected chi connectivity index (χ3v) is 2.46. The smallest absolute Gasteiger partial charge is 0.275 e. The van der Waals surface area contributed by atoms with E-state index in [9.17, 15) is 4.79 Å². The molecule has 0 radical (unpaired) electrons. The number of aryl methyl sites for hydroxylation is 1. The number of aromatic nitrogens is 2. The molecule has 0 unspecified atom stereocenters. The number of carbonyl (C=O) groups is 1. The van der Waals surface area contributed by atoms with Crippen LogP contribution < -0.4 is 11.1 Å². The predicted molar refractivity (Wildman–Crippen MR) is 70.3 cm³/mol. The largest absolute Gasteiger partial charge is 0.397 e. The zero-order chi connectivity index (χ0) is 13.8. The van der Waals surface area contributed by atoms with E-state index in [1.54, 1.807) is 13.0 Å². The van der Waals surface area contributed by atoms with E-state index >= 15 is 0 Å². The molecule has 0 aliphatic rings. The number of carbonyl (C=O) groups excluding carboxylic acids is 1. The Hall–Kier alpha value is -2.94. The fourth-order valence-electron chi connectivity index (χ4n) is 1.49. The lowest BCUT2D eigenvalue weighted by Crippen LogP contribution is -2.15. The van der Waals surface area contributed by atoms with Crippen LogP contribution in [0.1, 0.15) is 21.6 Å². The van der Waals surface area contributed by atoms with Crippen LogP contribution in [-0.2, 0) is 0 Å². The summed E-state index contributed by atoms with van der Waals surface area (Å²) in [4.78, 5) is 19.9. The number of nitrogens with one attached hydrogen (secondary N) is 1. The number of nitriles is 1. The third kappa shape index (κ3) is 2.84. The summed E-state index contributed by atoms with van der Waals surface area (Å²) in [5.74, 6) is 0.0511. The Morgan fingerprint density at radius 1 is 1.37 bits per heavy atom. The number of hydrogen-bond acceptors (Lipinski definition) is 5. The second-order valence-electron chi connectivity index (χ2n) is 3.93. The quantitative estimate of drug-likeness (QED) is 0.843. The summed E-state index contributed by atoms with van der Waals surface area (Å²) in [7, 11) is 0. The fourth-order valence-corrected chi connectivity index (χ4v) is 1.49. The normalized spacial score (nSPS) is 9.68. The van der Waals surface area contributed by atoms with Crippen LogP contribution in [0.2, 0.25) is 0 Å². The van der Waals surface area contributed by atoms with E-state index in [-0.39, 0.29) is 11.6 Å². The van der Waals surface area contributed by atoms with Crippen molar-refractivity contribution in [3.05, 3.63) is 47.4 Å². The fraction of sp³-hybridized carbons (Fsp3) is 0.0769. The molecule has 0 atom stereocenters. The lowest BCUT2D eigenvalue weighted by atomic mass is 10.2. The molecule has 0 bridgehead atoms. The molecule has 0 saturated carbocycles. The van der Waals surface area contributed by atoms with Crippen LogP contribution in [0, 0.1) is 18.3 Å². The number of hydrogen-bond donors (Lipinski definition) is 2. The van der Waals surface area contributed by atoms with E-state index in [1.165, 1.54) is 24.5 Å². The first-order chi connectivity index (χ1) is 9.10. The van der Waals surface area contributed by atoms with Crippen molar-refractivity contribution in [2.75, 3.05) is 11.1 Å². The van der Waals surface area contributed by atoms with Gasteiger partial charge in [-0.25, -0.2) is 9.97 Å². The molecule has 0 aromatic carbocycles. The highest BCUT2D eigenvalue weighted by molar-refractivity contribution is 6.02. The molecule has 2 aromatic heterocycles. The summed E-state index contributed by atoms with van der Waals surface area (Å²) in [5.41, 5.74) is 7.50. The van der Waals surface area contributed by atoms with E-state index in [4.69, 9.17) is 11.0 Å². The molecule has 0 aliphatic heterocycles. The molecule has 2 heterocycles. The Balaban J connectivity index is 2.18. The van der Waals surface area contributed by atoms with Crippen LogP contribution in [-0.4, -0.2) is 15.9 Å². The molecule has 19 heavy (non-hydrogen) atoms. The van der Waals surface area contributed by atoms with Gasteiger partial charge in [0.1, 0.15) is 17.6 Å². The van der Waals surface area contributed by atoms with Crippen molar-refractivity contribution in [3.8, 4) is 6.07 Å².